The van der Waals surface area contributed by atoms with Crippen LogP contribution in [0.15, 0.2) is 64.4 Å². The number of ether oxygens (including phenoxy) is 2. The molecule has 0 aliphatic carbocycles. The van der Waals surface area contributed by atoms with Gasteiger partial charge in [-0.25, -0.2) is 4.98 Å². The van der Waals surface area contributed by atoms with Gasteiger partial charge in [-0.15, -0.1) is 11.3 Å². The molecule has 0 spiro atoms. The van der Waals surface area contributed by atoms with Gasteiger partial charge in [0, 0.05) is 22.9 Å². The first-order valence-corrected chi connectivity index (χ1v) is 11.0. The predicted octanol–water partition coefficient (Wildman–Crippen LogP) is 5.32. The zero-order valence-electron chi connectivity index (χ0n) is 18.2. The lowest BCUT2D eigenvalue weighted by Gasteiger charge is -2.11. The first-order chi connectivity index (χ1) is 16.1. The van der Waals surface area contributed by atoms with Gasteiger partial charge in [-0.05, 0) is 31.2 Å². The second-order valence-electron chi connectivity index (χ2n) is 7.27. The smallest absolute Gasteiger partial charge is 0.260 e. The van der Waals surface area contributed by atoms with Crippen LogP contribution >= 0.6 is 11.3 Å². The summed E-state index contributed by atoms with van der Waals surface area (Å²) >= 11 is 1.41. The van der Waals surface area contributed by atoms with E-state index in [4.69, 9.17) is 13.9 Å². The van der Waals surface area contributed by atoms with Gasteiger partial charge >= 0.3 is 0 Å². The summed E-state index contributed by atoms with van der Waals surface area (Å²) in [6, 6.07) is 16.6. The Labute approximate surface area is 193 Å². The van der Waals surface area contributed by atoms with Gasteiger partial charge in [-0.2, -0.15) is 9.78 Å². The molecule has 5 rings (SSSR count). The third kappa shape index (κ3) is 3.94. The molecule has 1 N–H and O–H groups in total. The number of hydrogen-bond donors (Lipinski definition) is 1. The van der Waals surface area contributed by atoms with Crippen molar-refractivity contribution in [2.45, 2.75) is 6.92 Å². The predicted molar refractivity (Wildman–Crippen MR) is 127 cm³/mol. The SMILES string of the molecule is COc1ccc(C(=O)Nc2cc(C)nn2-c2nc(-c3cc4ccccc4o3)cs2)c(OC)c1. The molecule has 5 aromatic rings. The molecule has 0 bridgehead atoms. The molecule has 2 aromatic carbocycles. The van der Waals surface area contributed by atoms with Crippen LogP contribution in [0.4, 0.5) is 5.82 Å². The molecule has 0 aliphatic heterocycles. The number of methoxy groups -OCH3 is 2. The molecule has 0 radical (unpaired) electrons. The van der Waals surface area contributed by atoms with Crippen LogP contribution in [-0.2, 0) is 0 Å². The monoisotopic (exact) mass is 460 g/mol. The number of hydrogen-bond acceptors (Lipinski definition) is 7. The highest BCUT2D eigenvalue weighted by Crippen LogP contribution is 2.31. The average molecular weight is 461 g/mol. The van der Waals surface area contributed by atoms with Crippen LogP contribution in [-0.4, -0.2) is 34.9 Å². The minimum Gasteiger partial charge on any atom is -0.497 e. The van der Waals surface area contributed by atoms with E-state index in [0.717, 1.165) is 16.7 Å². The van der Waals surface area contributed by atoms with Crippen LogP contribution in [0.5, 0.6) is 11.5 Å². The first kappa shape index (κ1) is 20.8. The zero-order valence-corrected chi connectivity index (χ0v) is 19.0. The third-order valence-electron chi connectivity index (χ3n) is 5.08. The van der Waals surface area contributed by atoms with Crippen molar-refractivity contribution in [2.75, 3.05) is 19.5 Å². The van der Waals surface area contributed by atoms with Gasteiger partial charge in [0.25, 0.3) is 5.91 Å². The fraction of sp³-hybridized carbons (Fsp3) is 0.125. The topological polar surface area (TPSA) is 91.4 Å². The summed E-state index contributed by atoms with van der Waals surface area (Å²) in [5, 5.41) is 11.0. The van der Waals surface area contributed by atoms with Crippen molar-refractivity contribution in [1.29, 1.82) is 0 Å². The van der Waals surface area contributed by atoms with Gasteiger partial charge in [0.1, 0.15) is 28.6 Å². The van der Waals surface area contributed by atoms with Gasteiger partial charge in [-0.3, -0.25) is 4.79 Å². The fourth-order valence-corrected chi connectivity index (χ4v) is 4.26. The van der Waals surface area contributed by atoms with Crippen LogP contribution in [0, 0.1) is 6.92 Å². The summed E-state index contributed by atoms with van der Waals surface area (Å²) in [7, 11) is 3.07. The molecule has 0 atom stereocenters. The lowest BCUT2D eigenvalue weighted by molar-refractivity contribution is 0.102. The fourth-order valence-electron chi connectivity index (χ4n) is 3.49. The number of para-hydroxylation sites is 1. The van der Waals surface area contributed by atoms with Crippen molar-refractivity contribution in [1.82, 2.24) is 14.8 Å². The molecular formula is C24H20N4O4S. The van der Waals surface area contributed by atoms with Gasteiger partial charge in [0.15, 0.2) is 5.76 Å². The Morgan fingerprint density at radius 1 is 1.09 bits per heavy atom. The maximum absolute atomic E-state index is 13.0. The van der Waals surface area contributed by atoms with E-state index in [1.807, 2.05) is 42.6 Å². The molecule has 0 saturated heterocycles. The number of thiazole rings is 1. The Hall–Kier alpha value is -4.11. The number of furan rings is 1. The summed E-state index contributed by atoms with van der Waals surface area (Å²) in [4.78, 5) is 17.7. The number of nitrogens with one attached hydrogen (secondary N) is 1. The molecule has 33 heavy (non-hydrogen) atoms. The van der Waals surface area contributed by atoms with Gasteiger partial charge in [0.05, 0.1) is 25.5 Å². The van der Waals surface area contributed by atoms with E-state index in [0.29, 0.717) is 39.5 Å². The van der Waals surface area contributed by atoms with Crippen molar-refractivity contribution in [3.8, 4) is 28.1 Å². The minimum absolute atomic E-state index is 0.329. The molecule has 0 fully saturated rings. The number of benzene rings is 2. The van der Waals surface area contributed by atoms with Crippen LogP contribution in [0.1, 0.15) is 16.1 Å². The van der Waals surface area contributed by atoms with E-state index in [1.54, 1.807) is 36.1 Å². The number of carbonyl (C=O) groups excluding carboxylic acids is 1. The summed E-state index contributed by atoms with van der Waals surface area (Å²) in [5.41, 5.74) is 2.63. The van der Waals surface area contributed by atoms with Crippen molar-refractivity contribution >= 4 is 34.0 Å². The average Bonchev–Trinajstić information content (AvgIpc) is 3.56. The van der Waals surface area contributed by atoms with E-state index in [1.165, 1.54) is 18.4 Å². The van der Waals surface area contributed by atoms with Crippen LogP contribution in [0.2, 0.25) is 0 Å². The lowest BCUT2D eigenvalue weighted by Crippen LogP contribution is -2.16. The number of rotatable bonds is 6. The Balaban J connectivity index is 1.45. The Bertz CT molecular complexity index is 1430. The number of anilines is 1. The number of aryl methyl sites for hydroxylation is 1. The summed E-state index contributed by atoms with van der Waals surface area (Å²) in [6.07, 6.45) is 0. The standard InChI is InChI=1S/C24H20N4O4S/c1-14-10-22(26-23(29)17-9-8-16(30-2)12-20(17)31-3)28(27-14)24-25-18(13-33-24)21-11-15-6-4-5-7-19(15)32-21/h4-13H,1-3H3,(H,26,29). The van der Waals surface area contributed by atoms with Crippen LogP contribution in [0.3, 0.4) is 0 Å². The van der Waals surface area contributed by atoms with Crippen LogP contribution in [0.25, 0.3) is 27.6 Å². The number of amides is 1. The Morgan fingerprint density at radius 3 is 2.73 bits per heavy atom. The molecule has 8 nitrogen and oxygen atoms in total. The number of carbonyl (C=O) groups is 1. The third-order valence-corrected chi connectivity index (χ3v) is 5.89. The van der Waals surface area contributed by atoms with E-state index in [-0.39, 0.29) is 5.91 Å². The number of fused-ring (bicyclic) bond motifs is 1. The van der Waals surface area contributed by atoms with E-state index < -0.39 is 0 Å². The van der Waals surface area contributed by atoms with Gasteiger partial charge < -0.3 is 19.2 Å². The molecule has 0 saturated carbocycles. The summed E-state index contributed by atoms with van der Waals surface area (Å²) < 4.78 is 18.1. The molecule has 9 heteroatoms. The first-order valence-electron chi connectivity index (χ1n) is 10.1. The number of aromatic nitrogens is 3. The lowest BCUT2D eigenvalue weighted by atomic mass is 10.1. The maximum atomic E-state index is 13.0. The molecule has 0 aliphatic rings. The largest absolute Gasteiger partial charge is 0.497 e. The molecule has 166 valence electrons. The highest BCUT2D eigenvalue weighted by molar-refractivity contribution is 7.12. The van der Waals surface area contributed by atoms with E-state index in [2.05, 4.69) is 15.4 Å². The van der Waals surface area contributed by atoms with E-state index >= 15 is 0 Å². The molecule has 3 heterocycles. The van der Waals surface area contributed by atoms with Crippen molar-refractivity contribution in [3.63, 3.8) is 0 Å². The normalized spacial score (nSPS) is 11.0. The van der Waals surface area contributed by atoms with Gasteiger partial charge in [-0.1, -0.05) is 18.2 Å². The van der Waals surface area contributed by atoms with Crippen LogP contribution < -0.4 is 14.8 Å². The van der Waals surface area contributed by atoms with Crippen molar-refractivity contribution in [2.24, 2.45) is 0 Å². The number of nitrogens with zero attached hydrogens (tertiary/aromatic N) is 3. The molecule has 1 amide bonds. The molecule has 0 unspecified atom stereocenters. The van der Waals surface area contributed by atoms with Crippen molar-refractivity contribution in [3.05, 3.63) is 71.2 Å². The zero-order chi connectivity index (χ0) is 22.9. The molecule has 3 aromatic heterocycles. The van der Waals surface area contributed by atoms with Gasteiger partial charge in [0.2, 0.25) is 5.13 Å². The maximum Gasteiger partial charge on any atom is 0.260 e. The molecular weight excluding hydrogens is 440 g/mol. The Morgan fingerprint density at radius 2 is 1.94 bits per heavy atom. The minimum atomic E-state index is -0.329. The highest BCUT2D eigenvalue weighted by Gasteiger charge is 2.19. The second-order valence-corrected chi connectivity index (χ2v) is 8.10. The van der Waals surface area contributed by atoms with E-state index in [9.17, 15) is 4.79 Å². The summed E-state index contributed by atoms with van der Waals surface area (Å²) in [6.45, 7) is 1.86. The summed E-state index contributed by atoms with van der Waals surface area (Å²) in [5.74, 6) is 1.86. The Kier molecular flexibility index (Phi) is 5.31. The highest BCUT2D eigenvalue weighted by atomic mass is 32.1. The van der Waals surface area contributed by atoms with Crippen molar-refractivity contribution < 1.29 is 18.7 Å². The second kappa shape index (κ2) is 8.44. The quantitative estimate of drug-likeness (QED) is 0.369.